The minimum atomic E-state index is -0.666. The fraction of sp³-hybridized carbons (Fsp3) is 0.929. The number of nitrogens with one attached hydrogen (secondary N) is 1. The van der Waals surface area contributed by atoms with Crippen LogP contribution in [0, 0.1) is 23.7 Å². The Balaban J connectivity index is 1.02. The van der Waals surface area contributed by atoms with Gasteiger partial charge in [-0.3, -0.25) is 19.2 Å². The molecule has 4 aliphatic carbocycles. The van der Waals surface area contributed by atoms with Gasteiger partial charge in [-0.1, -0.05) is 141 Å². The van der Waals surface area contributed by atoms with E-state index in [-0.39, 0.29) is 63.9 Å². The molecule has 0 amide bonds. The van der Waals surface area contributed by atoms with E-state index in [0.717, 1.165) is 76.3 Å². The quantitative estimate of drug-likeness (QED) is 0.0268. The van der Waals surface area contributed by atoms with Gasteiger partial charge in [-0.15, -0.1) is 0 Å². The summed E-state index contributed by atoms with van der Waals surface area (Å²) in [5, 5.41) is 3.47. The first-order valence-electron chi connectivity index (χ1n) is 28.6. The fourth-order valence-electron chi connectivity index (χ4n) is 10.8. The van der Waals surface area contributed by atoms with Crippen LogP contribution >= 0.6 is 0 Å². The first kappa shape index (κ1) is 59.2. The fourth-order valence-corrected chi connectivity index (χ4v) is 10.8. The summed E-state index contributed by atoms with van der Waals surface area (Å²) < 4.78 is 45.6. The first-order chi connectivity index (χ1) is 33.9. The summed E-state index contributed by atoms with van der Waals surface area (Å²) in [6, 6.07) is 0. The molecule has 4 saturated carbocycles. The van der Waals surface area contributed by atoms with E-state index in [9.17, 15) is 19.2 Å². The molecule has 0 aromatic heterocycles. The first-order valence-corrected chi connectivity index (χ1v) is 28.6. The summed E-state index contributed by atoms with van der Waals surface area (Å²) in [4.78, 5) is 50.9. The molecule has 0 radical (unpaired) electrons. The summed E-state index contributed by atoms with van der Waals surface area (Å²) in [5.74, 6) is 1.75. The standard InChI is InChI=1S/C56H99NO12/c58-53(35-33-49-25-11-3-12-26-49)66-43-51(41-64-45-62-39-19-29-47-21-7-1-8-22-47)68-55(60)31-15-5-17-37-57-38-18-6-16-32-56(61)69-52(44-67-54(59)36-34-50-27-13-4-14-28-50)42-65-46-63-40-20-30-48-23-9-2-10-24-48/h47-52,57H,1-46H2. The van der Waals surface area contributed by atoms with Crippen molar-refractivity contribution in [3.05, 3.63) is 0 Å². The van der Waals surface area contributed by atoms with Crippen LogP contribution < -0.4 is 5.32 Å². The van der Waals surface area contributed by atoms with Gasteiger partial charge in [0.15, 0.2) is 12.2 Å². The van der Waals surface area contributed by atoms with E-state index in [2.05, 4.69) is 5.32 Å². The summed E-state index contributed by atoms with van der Waals surface area (Å²) in [6.07, 6.45) is 37.1. The van der Waals surface area contributed by atoms with Crippen LogP contribution in [0.25, 0.3) is 0 Å². The number of carbonyl (C=O) groups is 4. The van der Waals surface area contributed by atoms with E-state index in [1.807, 2.05) is 0 Å². The van der Waals surface area contributed by atoms with Crippen molar-refractivity contribution in [2.75, 3.05) is 66.3 Å². The van der Waals surface area contributed by atoms with Crippen molar-refractivity contribution >= 4 is 23.9 Å². The lowest BCUT2D eigenvalue weighted by Gasteiger charge is -2.22. The van der Waals surface area contributed by atoms with Gasteiger partial charge in [0.1, 0.15) is 26.8 Å². The Labute approximate surface area is 418 Å². The molecule has 0 spiro atoms. The highest BCUT2D eigenvalue weighted by Crippen LogP contribution is 2.30. The number of hydrogen-bond acceptors (Lipinski definition) is 13. The van der Waals surface area contributed by atoms with Crippen LogP contribution in [0.2, 0.25) is 0 Å². The average Bonchev–Trinajstić information content (AvgIpc) is 3.38. The molecule has 2 atom stereocenters. The van der Waals surface area contributed by atoms with Crippen molar-refractivity contribution in [1.82, 2.24) is 5.32 Å². The molecule has 13 nitrogen and oxygen atoms in total. The molecule has 13 heteroatoms. The van der Waals surface area contributed by atoms with E-state index < -0.39 is 12.2 Å². The van der Waals surface area contributed by atoms with Crippen molar-refractivity contribution in [1.29, 1.82) is 0 Å². The summed E-state index contributed by atoms with van der Waals surface area (Å²) in [7, 11) is 0. The van der Waals surface area contributed by atoms with Crippen molar-refractivity contribution < 1.29 is 57.1 Å². The second-order valence-corrected chi connectivity index (χ2v) is 21.1. The molecule has 4 fully saturated rings. The number of rotatable bonds is 40. The van der Waals surface area contributed by atoms with Crippen molar-refractivity contribution in [3.8, 4) is 0 Å². The van der Waals surface area contributed by atoms with E-state index in [0.29, 0.717) is 63.6 Å². The number of esters is 4. The van der Waals surface area contributed by atoms with E-state index in [1.54, 1.807) is 0 Å². The van der Waals surface area contributed by atoms with Crippen LogP contribution in [0.5, 0.6) is 0 Å². The van der Waals surface area contributed by atoms with Crippen LogP contribution in [0.15, 0.2) is 0 Å². The lowest BCUT2D eigenvalue weighted by molar-refractivity contribution is -0.166. The van der Waals surface area contributed by atoms with Gasteiger partial charge in [-0.25, -0.2) is 0 Å². The molecule has 0 aromatic carbocycles. The van der Waals surface area contributed by atoms with Gasteiger partial charge in [0.25, 0.3) is 0 Å². The highest BCUT2D eigenvalue weighted by atomic mass is 16.7. The van der Waals surface area contributed by atoms with Crippen molar-refractivity contribution in [2.45, 2.75) is 243 Å². The third-order valence-corrected chi connectivity index (χ3v) is 15.1. The highest BCUT2D eigenvalue weighted by molar-refractivity contribution is 5.71. The Hall–Kier alpha value is -2.32. The largest absolute Gasteiger partial charge is 0.462 e. The smallest absolute Gasteiger partial charge is 0.306 e. The maximum atomic E-state index is 12.8. The molecule has 4 aliphatic rings. The molecule has 0 aliphatic heterocycles. The predicted molar refractivity (Wildman–Crippen MR) is 268 cm³/mol. The molecule has 1 N–H and O–H groups in total. The van der Waals surface area contributed by atoms with Crippen molar-refractivity contribution in [3.63, 3.8) is 0 Å². The minimum absolute atomic E-state index is 0.00893. The monoisotopic (exact) mass is 978 g/mol. The third kappa shape index (κ3) is 31.7. The van der Waals surface area contributed by atoms with Gasteiger partial charge in [-0.05, 0) is 101 Å². The van der Waals surface area contributed by atoms with Crippen molar-refractivity contribution in [2.24, 2.45) is 23.7 Å². The molecule has 2 unspecified atom stereocenters. The SMILES string of the molecule is O=C(CCC1CCCCC1)OCC(COCOCCCC1CCCCC1)OC(=O)CCCCCNCCCCCC(=O)OC(COCOCCCC1CCCCC1)COC(=O)CCC1CCCCC1. The van der Waals surface area contributed by atoms with E-state index in [1.165, 1.54) is 141 Å². The zero-order chi connectivity index (χ0) is 48.7. The number of ether oxygens (including phenoxy) is 8. The Bertz CT molecular complexity index is 1200. The Morgan fingerprint density at radius 3 is 1.10 bits per heavy atom. The van der Waals surface area contributed by atoms with Gasteiger partial charge < -0.3 is 43.2 Å². The Morgan fingerprint density at radius 1 is 0.362 bits per heavy atom. The molecule has 0 bridgehead atoms. The van der Waals surface area contributed by atoms with E-state index >= 15 is 0 Å². The van der Waals surface area contributed by atoms with Gasteiger partial charge >= 0.3 is 23.9 Å². The Kier molecular flexibility index (Phi) is 34.5. The molecule has 0 saturated heterocycles. The maximum Gasteiger partial charge on any atom is 0.306 e. The third-order valence-electron chi connectivity index (χ3n) is 15.1. The molecule has 4 rings (SSSR count). The van der Waals surface area contributed by atoms with Gasteiger partial charge in [0.05, 0.1) is 13.2 Å². The molecule has 0 aromatic rings. The number of unbranched alkanes of at least 4 members (excludes halogenated alkanes) is 4. The summed E-state index contributed by atoms with van der Waals surface area (Å²) in [5.41, 5.74) is 0. The van der Waals surface area contributed by atoms with Crippen LogP contribution in [0.3, 0.4) is 0 Å². The van der Waals surface area contributed by atoms with E-state index in [4.69, 9.17) is 37.9 Å². The van der Waals surface area contributed by atoms with Gasteiger partial charge in [0.2, 0.25) is 0 Å². The maximum absolute atomic E-state index is 12.8. The van der Waals surface area contributed by atoms with Gasteiger partial charge in [0, 0.05) is 38.9 Å². The second-order valence-electron chi connectivity index (χ2n) is 21.1. The number of hydrogen-bond donors (Lipinski definition) is 1. The Morgan fingerprint density at radius 2 is 0.725 bits per heavy atom. The highest BCUT2D eigenvalue weighted by Gasteiger charge is 2.22. The second kappa shape index (κ2) is 40.2. The van der Waals surface area contributed by atoms with Crippen LogP contribution in [-0.2, 0) is 57.1 Å². The molecular formula is C56H99NO12. The number of carbonyl (C=O) groups excluding carboxylic acids is 4. The zero-order valence-electron chi connectivity index (χ0n) is 43.4. The van der Waals surface area contributed by atoms with Crippen LogP contribution in [0.4, 0.5) is 0 Å². The molecular weight excluding hydrogens is 879 g/mol. The van der Waals surface area contributed by atoms with Gasteiger partial charge in [-0.2, -0.15) is 0 Å². The van der Waals surface area contributed by atoms with Crippen LogP contribution in [-0.4, -0.2) is 102 Å². The normalized spacial score (nSPS) is 18.7. The summed E-state index contributed by atoms with van der Waals surface area (Å²) >= 11 is 0. The predicted octanol–water partition coefficient (Wildman–Crippen LogP) is 12.0. The van der Waals surface area contributed by atoms with Crippen LogP contribution in [0.1, 0.15) is 231 Å². The minimum Gasteiger partial charge on any atom is -0.462 e. The topological polar surface area (TPSA) is 154 Å². The summed E-state index contributed by atoms with van der Waals surface area (Å²) in [6.45, 7) is 3.47. The average molecular weight is 978 g/mol. The molecule has 0 heterocycles. The molecule has 400 valence electrons. The zero-order valence-corrected chi connectivity index (χ0v) is 43.4. The molecule has 69 heavy (non-hydrogen) atoms. The lowest BCUT2D eigenvalue weighted by Crippen LogP contribution is -2.30. The lowest BCUT2D eigenvalue weighted by atomic mass is 9.86.